The van der Waals surface area contributed by atoms with E-state index < -0.39 is 6.10 Å². The molecule has 0 fully saturated rings. The topological polar surface area (TPSA) is 33.1 Å². The molecule has 2 rings (SSSR count). The van der Waals surface area contributed by atoms with Crippen molar-refractivity contribution in [3.63, 3.8) is 0 Å². The number of hydrogen-bond donors (Lipinski definition) is 1. The molecule has 0 amide bonds. The van der Waals surface area contributed by atoms with Crippen LogP contribution in [0.1, 0.15) is 37.0 Å². The van der Waals surface area contributed by atoms with Crippen LogP contribution in [0.2, 0.25) is 0 Å². The molecule has 0 radical (unpaired) electrons. The van der Waals surface area contributed by atoms with E-state index in [0.717, 1.165) is 15.6 Å². The summed E-state index contributed by atoms with van der Waals surface area (Å²) in [6.45, 7) is 8.26. The van der Waals surface area contributed by atoms with Gasteiger partial charge >= 0.3 is 0 Å². The number of thiazole rings is 1. The van der Waals surface area contributed by atoms with Crippen molar-refractivity contribution in [2.45, 2.75) is 40.2 Å². The van der Waals surface area contributed by atoms with Crippen LogP contribution in [0.3, 0.4) is 0 Å². The van der Waals surface area contributed by atoms with Gasteiger partial charge in [0.05, 0.1) is 16.8 Å². The number of hydrogen-bond acceptors (Lipinski definition) is 4. The normalized spacial score (nSPS) is 13.0. The van der Waals surface area contributed by atoms with Crippen molar-refractivity contribution < 1.29 is 5.11 Å². The van der Waals surface area contributed by atoms with E-state index in [2.05, 4.69) is 31.8 Å². The molecule has 17 heavy (non-hydrogen) atoms. The maximum Gasteiger partial charge on any atom is 0.0960 e. The van der Waals surface area contributed by atoms with Gasteiger partial charge in [-0.2, -0.15) is 0 Å². The molecule has 4 heteroatoms. The maximum atomic E-state index is 10.2. The van der Waals surface area contributed by atoms with E-state index in [1.165, 1.54) is 15.3 Å². The summed E-state index contributed by atoms with van der Waals surface area (Å²) in [4.78, 5) is 8.04. The van der Waals surface area contributed by atoms with Crippen LogP contribution in [0.5, 0.6) is 0 Å². The number of nitrogens with zero attached hydrogens (tertiary/aromatic N) is 1. The van der Waals surface area contributed by atoms with Crippen molar-refractivity contribution >= 4 is 22.7 Å². The molecule has 2 aromatic rings. The average Bonchev–Trinajstić information content (AvgIpc) is 2.73. The van der Waals surface area contributed by atoms with Crippen LogP contribution < -0.4 is 0 Å². The van der Waals surface area contributed by atoms with Crippen LogP contribution in [-0.2, 0) is 6.42 Å². The summed E-state index contributed by atoms with van der Waals surface area (Å²) in [5, 5.41) is 11.2. The summed E-state index contributed by atoms with van der Waals surface area (Å²) in [5.41, 5.74) is 2.34. The Morgan fingerprint density at radius 1 is 1.18 bits per heavy atom. The summed E-state index contributed by atoms with van der Waals surface area (Å²) in [5.74, 6) is 0. The second-order valence-corrected chi connectivity index (χ2v) is 6.93. The lowest BCUT2D eigenvalue weighted by atomic mass is 10.2. The minimum atomic E-state index is -0.419. The first kappa shape index (κ1) is 12.7. The van der Waals surface area contributed by atoms with Crippen LogP contribution in [0, 0.1) is 27.7 Å². The molecule has 92 valence electrons. The molecule has 0 saturated carbocycles. The first-order valence-corrected chi connectivity index (χ1v) is 7.28. The zero-order valence-electron chi connectivity index (χ0n) is 10.6. The molecule has 2 nitrogen and oxygen atoms in total. The summed E-state index contributed by atoms with van der Waals surface area (Å²) in [6, 6.07) is 2.08. The Balaban J connectivity index is 2.13. The number of aliphatic hydroxyl groups excluding tert-OH is 1. The van der Waals surface area contributed by atoms with Gasteiger partial charge in [-0.3, -0.25) is 0 Å². The summed E-state index contributed by atoms with van der Waals surface area (Å²) in [7, 11) is 0. The minimum Gasteiger partial charge on any atom is -0.387 e. The third-order valence-electron chi connectivity index (χ3n) is 2.95. The Bertz CT molecular complexity index is 489. The standard InChI is InChI=1S/C13H17NOS2/c1-7-5-12(16-9(7)3)11(15)6-13-14-8(2)10(4)17-13/h5,11,15H,6H2,1-4H3. The molecule has 1 unspecified atom stereocenters. The SMILES string of the molecule is Cc1cc(C(O)Cc2nc(C)c(C)s2)sc1C. The van der Waals surface area contributed by atoms with E-state index in [1.807, 2.05) is 6.92 Å². The molecule has 0 aliphatic rings. The minimum absolute atomic E-state index is 0.419. The van der Waals surface area contributed by atoms with Crippen molar-refractivity contribution in [3.05, 3.63) is 37.0 Å². The zero-order chi connectivity index (χ0) is 12.6. The van der Waals surface area contributed by atoms with Crippen molar-refractivity contribution in [2.24, 2.45) is 0 Å². The van der Waals surface area contributed by atoms with Crippen LogP contribution in [0.4, 0.5) is 0 Å². The second-order valence-electron chi connectivity index (χ2n) is 4.36. The lowest BCUT2D eigenvalue weighted by molar-refractivity contribution is 0.182. The van der Waals surface area contributed by atoms with Gasteiger partial charge in [-0.25, -0.2) is 4.98 Å². The lowest BCUT2D eigenvalue weighted by Gasteiger charge is -2.05. The zero-order valence-corrected chi connectivity index (χ0v) is 12.2. The predicted molar refractivity (Wildman–Crippen MR) is 74.0 cm³/mol. The third-order valence-corrected chi connectivity index (χ3v) is 5.30. The van der Waals surface area contributed by atoms with Crippen LogP contribution in [0.15, 0.2) is 6.07 Å². The highest BCUT2D eigenvalue weighted by Crippen LogP contribution is 2.29. The smallest absolute Gasteiger partial charge is 0.0960 e. The number of thiophene rings is 1. The number of rotatable bonds is 3. The third kappa shape index (κ3) is 2.76. The fourth-order valence-corrected chi connectivity index (χ4v) is 3.66. The van der Waals surface area contributed by atoms with E-state index in [1.54, 1.807) is 22.7 Å². The van der Waals surface area contributed by atoms with E-state index >= 15 is 0 Å². The predicted octanol–water partition coefficient (Wildman–Crippen LogP) is 3.71. The van der Waals surface area contributed by atoms with Gasteiger partial charge in [0.15, 0.2) is 0 Å². The average molecular weight is 267 g/mol. The second kappa shape index (κ2) is 4.88. The molecule has 1 atom stereocenters. The molecule has 2 aromatic heterocycles. The highest BCUT2D eigenvalue weighted by Gasteiger charge is 2.15. The summed E-state index contributed by atoms with van der Waals surface area (Å²) in [6.07, 6.45) is 0.205. The first-order chi connectivity index (χ1) is 7.97. The van der Waals surface area contributed by atoms with Gasteiger partial charge in [0.1, 0.15) is 0 Å². The quantitative estimate of drug-likeness (QED) is 0.919. The van der Waals surface area contributed by atoms with Gasteiger partial charge in [-0.05, 0) is 39.3 Å². The van der Waals surface area contributed by atoms with E-state index in [-0.39, 0.29) is 0 Å². The van der Waals surface area contributed by atoms with Gasteiger partial charge in [0.25, 0.3) is 0 Å². The Morgan fingerprint density at radius 2 is 1.88 bits per heavy atom. The van der Waals surface area contributed by atoms with Gasteiger partial charge in [-0.15, -0.1) is 22.7 Å². The molecule has 1 N–H and O–H groups in total. The molecule has 0 saturated heterocycles. The molecule has 2 heterocycles. The van der Waals surface area contributed by atoms with Crippen molar-refractivity contribution in [1.82, 2.24) is 4.98 Å². The molecular weight excluding hydrogens is 250 g/mol. The molecular formula is C13H17NOS2. The van der Waals surface area contributed by atoms with E-state index in [0.29, 0.717) is 6.42 Å². The number of aliphatic hydroxyl groups is 1. The van der Waals surface area contributed by atoms with Crippen LogP contribution in [-0.4, -0.2) is 10.1 Å². The van der Waals surface area contributed by atoms with Crippen molar-refractivity contribution in [1.29, 1.82) is 0 Å². The molecule has 0 aliphatic heterocycles. The van der Waals surface area contributed by atoms with Crippen molar-refractivity contribution in [2.75, 3.05) is 0 Å². The van der Waals surface area contributed by atoms with E-state index in [4.69, 9.17) is 0 Å². The van der Waals surface area contributed by atoms with E-state index in [9.17, 15) is 5.11 Å². The first-order valence-electron chi connectivity index (χ1n) is 5.65. The largest absolute Gasteiger partial charge is 0.387 e. The van der Waals surface area contributed by atoms with Crippen LogP contribution >= 0.6 is 22.7 Å². The lowest BCUT2D eigenvalue weighted by Crippen LogP contribution is -1.99. The Labute approximate surface area is 110 Å². The summed E-state index contributed by atoms with van der Waals surface area (Å²) >= 11 is 3.36. The number of aryl methyl sites for hydroxylation is 4. The van der Waals surface area contributed by atoms with Crippen LogP contribution in [0.25, 0.3) is 0 Å². The molecule has 0 aliphatic carbocycles. The van der Waals surface area contributed by atoms with Gasteiger partial charge in [0.2, 0.25) is 0 Å². The van der Waals surface area contributed by atoms with Gasteiger partial charge < -0.3 is 5.11 Å². The van der Waals surface area contributed by atoms with Gasteiger partial charge in [-0.1, -0.05) is 0 Å². The molecule has 0 aromatic carbocycles. The highest BCUT2D eigenvalue weighted by molar-refractivity contribution is 7.12. The fourth-order valence-electron chi connectivity index (χ4n) is 1.66. The maximum absolute atomic E-state index is 10.2. The Kier molecular flexibility index (Phi) is 3.66. The highest BCUT2D eigenvalue weighted by atomic mass is 32.1. The van der Waals surface area contributed by atoms with Crippen molar-refractivity contribution in [3.8, 4) is 0 Å². The Morgan fingerprint density at radius 3 is 2.35 bits per heavy atom. The number of aromatic nitrogens is 1. The Hall–Kier alpha value is -0.710. The monoisotopic (exact) mass is 267 g/mol. The molecule has 0 bridgehead atoms. The summed E-state index contributed by atoms with van der Waals surface area (Å²) < 4.78 is 0. The fraction of sp³-hybridized carbons (Fsp3) is 0.462. The molecule has 0 spiro atoms. The van der Waals surface area contributed by atoms with Gasteiger partial charge in [0, 0.05) is 21.1 Å².